The summed E-state index contributed by atoms with van der Waals surface area (Å²) in [5, 5.41) is 9.69. The first-order valence-corrected chi connectivity index (χ1v) is 17.4. The van der Waals surface area contributed by atoms with Crippen LogP contribution < -0.4 is 20.3 Å². The molecule has 1 aliphatic heterocycles. The van der Waals surface area contributed by atoms with Crippen LogP contribution in [0.25, 0.3) is 11.1 Å². The molecule has 3 amide bonds. The number of nitrogens with zero attached hydrogens (tertiary/aromatic N) is 3. The van der Waals surface area contributed by atoms with Crippen LogP contribution >= 0.6 is 0 Å². The fraction of sp³-hybridized carbons (Fsp3) is 0.343. The van der Waals surface area contributed by atoms with Gasteiger partial charge in [0.15, 0.2) is 0 Å². The fourth-order valence-electron chi connectivity index (χ4n) is 6.22. The highest BCUT2D eigenvalue weighted by molar-refractivity contribution is 7.85. The minimum atomic E-state index is -4.15. The Morgan fingerprint density at radius 2 is 1.89 bits per heavy atom. The molecule has 2 heterocycles. The lowest BCUT2D eigenvalue weighted by atomic mass is 9.92. The third-order valence-electron chi connectivity index (χ3n) is 8.85. The Morgan fingerprint density at radius 1 is 1.09 bits per heavy atom. The zero-order valence-electron chi connectivity index (χ0n) is 26.5. The number of hydrogen-bond acceptors (Lipinski definition) is 6. The van der Waals surface area contributed by atoms with Gasteiger partial charge < -0.3 is 20.3 Å². The molecule has 6 rings (SSSR count). The number of aryl methyl sites for hydroxylation is 1. The van der Waals surface area contributed by atoms with Crippen LogP contribution in [-0.4, -0.2) is 60.1 Å². The molecule has 0 saturated heterocycles. The Labute approximate surface area is 274 Å². The van der Waals surface area contributed by atoms with Gasteiger partial charge in [-0.1, -0.05) is 36.4 Å². The predicted molar refractivity (Wildman–Crippen MR) is 180 cm³/mol. The number of nitrogens with one attached hydrogen (secondary N) is 2. The van der Waals surface area contributed by atoms with Gasteiger partial charge in [-0.25, -0.2) is 4.79 Å². The minimum absolute atomic E-state index is 0.120. The van der Waals surface area contributed by atoms with Gasteiger partial charge in [-0.05, 0) is 90.6 Å². The Bertz CT molecular complexity index is 1910. The van der Waals surface area contributed by atoms with Gasteiger partial charge in [-0.2, -0.15) is 13.5 Å². The van der Waals surface area contributed by atoms with Crippen molar-refractivity contribution in [2.24, 2.45) is 5.92 Å². The number of carbonyl (C=O) groups excluding carboxylic acids is 2. The molecule has 1 fully saturated rings. The van der Waals surface area contributed by atoms with E-state index in [1.54, 1.807) is 6.07 Å². The molecule has 1 aromatic heterocycles. The Morgan fingerprint density at radius 3 is 2.72 bits per heavy atom. The number of ether oxygens (including phenoxy) is 1. The Balaban J connectivity index is 1.09. The number of amides is 3. The molecule has 11 nitrogen and oxygen atoms in total. The molecule has 1 aliphatic carbocycles. The highest BCUT2D eigenvalue weighted by Gasteiger charge is 2.47. The van der Waals surface area contributed by atoms with E-state index in [4.69, 9.17) is 9.29 Å². The number of anilines is 2. The maximum atomic E-state index is 13.5. The summed E-state index contributed by atoms with van der Waals surface area (Å²) in [6.45, 7) is 5.62. The van der Waals surface area contributed by atoms with Crippen LogP contribution in [0, 0.1) is 19.8 Å². The second kappa shape index (κ2) is 13.6. The normalized spacial score (nSPS) is 16.6. The number of urea groups is 1. The van der Waals surface area contributed by atoms with Crippen molar-refractivity contribution in [1.82, 2.24) is 15.1 Å². The van der Waals surface area contributed by atoms with E-state index in [1.165, 1.54) is 11.1 Å². The van der Waals surface area contributed by atoms with Crippen molar-refractivity contribution >= 4 is 33.4 Å². The van der Waals surface area contributed by atoms with Crippen molar-refractivity contribution in [2.45, 2.75) is 45.6 Å². The van der Waals surface area contributed by atoms with Gasteiger partial charge in [-0.15, -0.1) is 0 Å². The molecule has 3 N–H and O–H groups in total. The third-order valence-corrected chi connectivity index (χ3v) is 9.57. The van der Waals surface area contributed by atoms with Crippen molar-refractivity contribution in [3.63, 3.8) is 0 Å². The fourth-order valence-corrected chi connectivity index (χ4v) is 6.58. The second-order valence-electron chi connectivity index (χ2n) is 12.3. The topological polar surface area (TPSA) is 143 Å². The number of aromatic nitrogens is 2. The molecule has 0 bridgehead atoms. The summed E-state index contributed by atoms with van der Waals surface area (Å²) in [7, 11) is -4.15. The van der Waals surface area contributed by atoms with Gasteiger partial charge in [-0.3, -0.25) is 14.0 Å². The van der Waals surface area contributed by atoms with Crippen molar-refractivity contribution < 1.29 is 27.3 Å². The molecule has 2 aliphatic rings. The summed E-state index contributed by atoms with van der Waals surface area (Å²) < 4.78 is 38.4. The molecule has 246 valence electrons. The van der Waals surface area contributed by atoms with Crippen molar-refractivity contribution in [3.8, 4) is 16.9 Å². The van der Waals surface area contributed by atoms with Crippen molar-refractivity contribution in [3.05, 3.63) is 95.3 Å². The van der Waals surface area contributed by atoms with Gasteiger partial charge in [0, 0.05) is 42.6 Å². The molecule has 12 heteroatoms. The largest absolute Gasteiger partial charge is 0.493 e. The second-order valence-corrected chi connectivity index (χ2v) is 13.9. The summed E-state index contributed by atoms with van der Waals surface area (Å²) in [5.41, 5.74) is 8.04. The molecule has 0 radical (unpaired) electrons. The smallest absolute Gasteiger partial charge is 0.319 e. The van der Waals surface area contributed by atoms with Gasteiger partial charge in [0.25, 0.3) is 10.1 Å². The van der Waals surface area contributed by atoms with E-state index in [0.717, 1.165) is 46.7 Å². The monoisotopic (exact) mass is 657 g/mol. The van der Waals surface area contributed by atoms with E-state index in [1.807, 2.05) is 58.4 Å². The highest BCUT2D eigenvalue weighted by atomic mass is 32.2. The lowest BCUT2D eigenvalue weighted by molar-refractivity contribution is -0.119. The van der Waals surface area contributed by atoms with Gasteiger partial charge in [0.2, 0.25) is 5.91 Å². The van der Waals surface area contributed by atoms with E-state index in [0.29, 0.717) is 43.5 Å². The van der Waals surface area contributed by atoms with Gasteiger partial charge in [0.05, 0.1) is 25.1 Å². The standard InChI is InChI=1S/C35H39N5O6S/c1-23-7-3-12-32(24(23)2)46-15-6-13-33(41)40-22-26-18-30(26)34-29(10-5-11-31(34)40)27-19-37-39(21-27)20-25-8-4-9-28(17-25)38-35(42)36-14-16-47(43,44)45/h3-5,7-12,17,19,21,26,30H,6,13-16,18,20,22H2,1-2H3,(H2,36,38,42)(H,43,44,45)/t26-,30-/m1/s1. The van der Waals surface area contributed by atoms with Crippen LogP contribution in [0.3, 0.4) is 0 Å². The molecule has 4 aromatic rings. The van der Waals surface area contributed by atoms with Crippen LogP contribution in [0.4, 0.5) is 16.2 Å². The predicted octanol–water partition coefficient (Wildman–Crippen LogP) is 5.53. The van der Waals surface area contributed by atoms with Crippen LogP contribution in [0.1, 0.15) is 47.4 Å². The maximum Gasteiger partial charge on any atom is 0.319 e. The van der Waals surface area contributed by atoms with Gasteiger partial charge in [0.1, 0.15) is 5.75 Å². The van der Waals surface area contributed by atoms with Gasteiger partial charge >= 0.3 is 6.03 Å². The molecular formula is C35H39N5O6S. The molecule has 3 aromatic carbocycles. The van der Waals surface area contributed by atoms with E-state index >= 15 is 0 Å². The summed E-state index contributed by atoms with van der Waals surface area (Å²) in [6.07, 6.45) is 5.99. The zero-order chi connectivity index (χ0) is 33.1. The molecule has 0 spiro atoms. The summed E-state index contributed by atoms with van der Waals surface area (Å²) in [4.78, 5) is 27.6. The van der Waals surface area contributed by atoms with Crippen LogP contribution in [0.15, 0.2) is 73.1 Å². The lowest BCUT2D eigenvalue weighted by Crippen LogP contribution is -2.36. The summed E-state index contributed by atoms with van der Waals surface area (Å²) in [6, 6.07) is 18.9. The summed E-state index contributed by atoms with van der Waals surface area (Å²) >= 11 is 0. The van der Waals surface area contributed by atoms with E-state index in [9.17, 15) is 18.0 Å². The SMILES string of the molecule is Cc1cccc(OCCCC(=O)N2C[C@H]3C[C@H]3c3c(-c4cnn(Cc5cccc(NC(=O)NCCS(=O)(=O)O)c5)c4)cccc32)c1C. The molecule has 0 unspecified atom stereocenters. The quantitative estimate of drug-likeness (QED) is 0.134. The number of benzene rings is 3. The van der Waals surface area contributed by atoms with E-state index in [-0.39, 0.29) is 12.5 Å². The molecule has 47 heavy (non-hydrogen) atoms. The average molecular weight is 658 g/mol. The highest BCUT2D eigenvalue weighted by Crippen LogP contribution is 2.57. The molecular weight excluding hydrogens is 618 g/mol. The van der Waals surface area contributed by atoms with Crippen LogP contribution in [0.2, 0.25) is 0 Å². The number of rotatable bonds is 12. The van der Waals surface area contributed by atoms with Crippen molar-refractivity contribution in [1.29, 1.82) is 0 Å². The molecule has 1 saturated carbocycles. The van der Waals surface area contributed by atoms with Crippen LogP contribution in [0.5, 0.6) is 5.75 Å². The lowest BCUT2D eigenvalue weighted by Gasteiger charge is -2.30. The zero-order valence-corrected chi connectivity index (χ0v) is 27.3. The first-order valence-electron chi connectivity index (χ1n) is 15.8. The third kappa shape index (κ3) is 7.83. The number of fused-ring (bicyclic) bond motifs is 3. The Hall–Kier alpha value is -4.68. The first kappa shape index (κ1) is 32.3. The average Bonchev–Trinajstić information content (AvgIpc) is 3.68. The first-order chi connectivity index (χ1) is 22.6. The Kier molecular flexibility index (Phi) is 9.33. The number of carbonyl (C=O) groups is 2. The maximum absolute atomic E-state index is 13.5. The number of hydrogen-bond donors (Lipinski definition) is 3. The van der Waals surface area contributed by atoms with E-state index in [2.05, 4.69) is 47.8 Å². The van der Waals surface area contributed by atoms with Crippen LogP contribution in [-0.2, 0) is 21.5 Å². The van der Waals surface area contributed by atoms with Crippen molar-refractivity contribution in [2.75, 3.05) is 35.7 Å². The molecule has 2 atom stereocenters. The van der Waals surface area contributed by atoms with E-state index < -0.39 is 21.9 Å². The minimum Gasteiger partial charge on any atom is -0.493 e. The summed E-state index contributed by atoms with van der Waals surface area (Å²) in [5.74, 6) is 1.33.